The third-order valence-corrected chi connectivity index (χ3v) is 4.73. The highest BCUT2D eigenvalue weighted by atomic mass is 16.3. The van der Waals surface area contributed by atoms with Gasteiger partial charge in [-0.05, 0) is 42.3 Å². The molecular formula is C16H23NO. The highest BCUT2D eigenvalue weighted by molar-refractivity contribution is 5.35. The minimum atomic E-state index is -0.303. The molecule has 3 rings (SSSR count). The van der Waals surface area contributed by atoms with Crippen molar-refractivity contribution in [2.45, 2.75) is 44.8 Å². The van der Waals surface area contributed by atoms with E-state index in [0.717, 1.165) is 31.0 Å². The number of nitrogens with zero attached hydrogens (tertiary/aromatic N) is 1. The van der Waals surface area contributed by atoms with Gasteiger partial charge in [0, 0.05) is 12.6 Å². The summed E-state index contributed by atoms with van der Waals surface area (Å²) in [4.78, 5) is 2.50. The average molecular weight is 245 g/mol. The summed E-state index contributed by atoms with van der Waals surface area (Å²) in [5.74, 6) is 1.34. The van der Waals surface area contributed by atoms with Crippen LogP contribution in [0, 0.1) is 5.92 Å². The van der Waals surface area contributed by atoms with Gasteiger partial charge in [0.1, 0.15) is 0 Å². The molecule has 0 amide bonds. The first-order valence-corrected chi connectivity index (χ1v) is 7.17. The van der Waals surface area contributed by atoms with Gasteiger partial charge in [-0.2, -0.15) is 0 Å². The Balaban J connectivity index is 1.87. The molecule has 1 aliphatic heterocycles. The fourth-order valence-electron chi connectivity index (χ4n) is 3.67. The van der Waals surface area contributed by atoms with Crippen LogP contribution in [0.3, 0.4) is 0 Å². The van der Waals surface area contributed by atoms with Crippen LogP contribution in [0.25, 0.3) is 0 Å². The predicted octanol–water partition coefficient (Wildman–Crippen LogP) is 2.94. The zero-order chi connectivity index (χ0) is 12.7. The van der Waals surface area contributed by atoms with Crippen LogP contribution in [0.5, 0.6) is 0 Å². The van der Waals surface area contributed by atoms with Gasteiger partial charge in [-0.3, -0.25) is 4.90 Å². The molecule has 2 aliphatic rings. The summed E-state index contributed by atoms with van der Waals surface area (Å²) in [6.07, 6.45) is 2.06. The minimum absolute atomic E-state index is 0.303. The van der Waals surface area contributed by atoms with Crippen LogP contribution in [-0.2, 0) is 0 Å². The summed E-state index contributed by atoms with van der Waals surface area (Å²) in [5.41, 5.74) is 2.49. The monoisotopic (exact) mass is 245 g/mol. The van der Waals surface area contributed by atoms with E-state index >= 15 is 0 Å². The van der Waals surface area contributed by atoms with E-state index in [2.05, 4.69) is 36.9 Å². The summed E-state index contributed by atoms with van der Waals surface area (Å²) in [6, 6.07) is 8.72. The first-order valence-electron chi connectivity index (χ1n) is 7.17. The van der Waals surface area contributed by atoms with Crippen LogP contribution < -0.4 is 0 Å². The topological polar surface area (TPSA) is 23.5 Å². The van der Waals surface area contributed by atoms with Crippen LogP contribution in [0.2, 0.25) is 0 Å². The zero-order valence-corrected chi connectivity index (χ0v) is 11.3. The molecule has 0 spiro atoms. The van der Waals surface area contributed by atoms with E-state index in [-0.39, 0.29) is 6.10 Å². The van der Waals surface area contributed by atoms with Gasteiger partial charge in [-0.25, -0.2) is 0 Å². The second-order valence-corrected chi connectivity index (χ2v) is 6.17. The molecule has 0 saturated carbocycles. The molecule has 1 heterocycles. The molecule has 4 unspecified atom stereocenters. The SMILES string of the molecule is CC1CCN(C2CC(C)c3ccccc3C2O)C1. The second-order valence-electron chi connectivity index (χ2n) is 6.17. The highest BCUT2D eigenvalue weighted by Gasteiger charge is 2.37. The van der Waals surface area contributed by atoms with Crippen LogP contribution >= 0.6 is 0 Å². The molecule has 18 heavy (non-hydrogen) atoms. The maximum Gasteiger partial charge on any atom is 0.0948 e. The Morgan fingerprint density at radius 3 is 2.56 bits per heavy atom. The van der Waals surface area contributed by atoms with E-state index < -0.39 is 0 Å². The zero-order valence-electron chi connectivity index (χ0n) is 11.3. The van der Waals surface area contributed by atoms with Crippen LogP contribution in [0.4, 0.5) is 0 Å². The molecule has 0 radical (unpaired) electrons. The Kier molecular flexibility index (Phi) is 3.16. The number of hydrogen-bond donors (Lipinski definition) is 1. The van der Waals surface area contributed by atoms with Crippen molar-refractivity contribution in [3.8, 4) is 0 Å². The van der Waals surface area contributed by atoms with Crippen molar-refractivity contribution >= 4 is 0 Å². The van der Waals surface area contributed by atoms with Gasteiger partial charge in [0.05, 0.1) is 6.10 Å². The summed E-state index contributed by atoms with van der Waals surface area (Å²) < 4.78 is 0. The number of rotatable bonds is 1. The van der Waals surface area contributed by atoms with E-state index in [1.54, 1.807) is 0 Å². The summed E-state index contributed by atoms with van der Waals surface area (Å²) >= 11 is 0. The lowest BCUT2D eigenvalue weighted by Gasteiger charge is -2.39. The lowest BCUT2D eigenvalue weighted by molar-refractivity contribution is 0.0421. The van der Waals surface area contributed by atoms with Gasteiger partial charge in [-0.15, -0.1) is 0 Å². The van der Waals surface area contributed by atoms with Gasteiger partial charge in [-0.1, -0.05) is 38.1 Å². The summed E-state index contributed by atoms with van der Waals surface area (Å²) in [6.45, 7) is 6.90. The smallest absolute Gasteiger partial charge is 0.0948 e. The molecule has 1 aromatic rings. The largest absolute Gasteiger partial charge is 0.387 e. The quantitative estimate of drug-likeness (QED) is 0.822. The number of aliphatic hydroxyl groups is 1. The molecule has 1 aromatic carbocycles. The molecule has 1 aliphatic carbocycles. The lowest BCUT2D eigenvalue weighted by Crippen LogP contribution is -2.41. The van der Waals surface area contributed by atoms with Crippen molar-refractivity contribution in [2.24, 2.45) is 5.92 Å². The van der Waals surface area contributed by atoms with E-state index in [1.165, 1.54) is 12.0 Å². The van der Waals surface area contributed by atoms with E-state index in [9.17, 15) is 5.11 Å². The molecule has 2 nitrogen and oxygen atoms in total. The maximum atomic E-state index is 10.6. The van der Waals surface area contributed by atoms with Crippen LogP contribution in [-0.4, -0.2) is 29.1 Å². The predicted molar refractivity (Wildman–Crippen MR) is 73.6 cm³/mol. The number of likely N-dealkylation sites (tertiary alicyclic amines) is 1. The Labute approximate surface area is 110 Å². The Morgan fingerprint density at radius 1 is 1.17 bits per heavy atom. The van der Waals surface area contributed by atoms with Crippen molar-refractivity contribution in [1.29, 1.82) is 0 Å². The number of fused-ring (bicyclic) bond motifs is 1. The van der Waals surface area contributed by atoms with Crippen molar-refractivity contribution < 1.29 is 5.11 Å². The molecular weight excluding hydrogens is 222 g/mol. The van der Waals surface area contributed by atoms with E-state index in [1.807, 2.05) is 6.07 Å². The van der Waals surface area contributed by atoms with Gasteiger partial charge >= 0.3 is 0 Å². The van der Waals surface area contributed by atoms with Gasteiger partial charge < -0.3 is 5.11 Å². The maximum absolute atomic E-state index is 10.6. The Bertz CT molecular complexity index is 431. The molecule has 1 N–H and O–H groups in total. The summed E-state index contributed by atoms with van der Waals surface area (Å²) in [7, 11) is 0. The van der Waals surface area contributed by atoms with Crippen molar-refractivity contribution in [2.75, 3.05) is 13.1 Å². The normalized spacial score (nSPS) is 36.6. The average Bonchev–Trinajstić information content (AvgIpc) is 2.80. The third kappa shape index (κ3) is 1.98. The minimum Gasteiger partial charge on any atom is -0.387 e. The molecule has 2 heteroatoms. The molecule has 1 saturated heterocycles. The molecule has 0 aromatic heterocycles. The van der Waals surface area contributed by atoms with Gasteiger partial charge in [0.2, 0.25) is 0 Å². The lowest BCUT2D eigenvalue weighted by atomic mass is 9.79. The number of aliphatic hydroxyl groups excluding tert-OH is 1. The second kappa shape index (κ2) is 4.67. The van der Waals surface area contributed by atoms with Crippen LogP contribution in [0.15, 0.2) is 24.3 Å². The van der Waals surface area contributed by atoms with E-state index in [4.69, 9.17) is 0 Å². The standard InChI is InChI=1S/C16H23NO/c1-11-7-8-17(10-11)15-9-12(2)13-5-3-4-6-14(13)16(15)18/h3-6,11-12,15-16,18H,7-10H2,1-2H3. The first kappa shape index (κ1) is 12.2. The molecule has 0 bridgehead atoms. The van der Waals surface area contributed by atoms with Crippen molar-refractivity contribution in [3.63, 3.8) is 0 Å². The third-order valence-electron chi connectivity index (χ3n) is 4.73. The Morgan fingerprint density at radius 2 is 1.89 bits per heavy atom. The number of benzene rings is 1. The fraction of sp³-hybridized carbons (Fsp3) is 0.625. The summed E-state index contributed by atoms with van der Waals surface area (Å²) in [5, 5.41) is 10.6. The van der Waals surface area contributed by atoms with Crippen molar-refractivity contribution in [1.82, 2.24) is 4.90 Å². The first-order chi connectivity index (χ1) is 8.66. The van der Waals surface area contributed by atoms with Gasteiger partial charge in [0.25, 0.3) is 0 Å². The van der Waals surface area contributed by atoms with Gasteiger partial charge in [0.15, 0.2) is 0 Å². The van der Waals surface area contributed by atoms with Crippen LogP contribution in [0.1, 0.15) is 49.8 Å². The van der Waals surface area contributed by atoms with Crippen molar-refractivity contribution in [3.05, 3.63) is 35.4 Å². The highest BCUT2D eigenvalue weighted by Crippen LogP contribution is 2.40. The Hall–Kier alpha value is -0.860. The molecule has 4 atom stereocenters. The molecule has 98 valence electrons. The van der Waals surface area contributed by atoms with E-state index in [0.29, 0.717) is 12.0 Å². The number of hydrogen-bond acceptors (Lipinski definition) is 2. The molecule has 1 fully saturated rings. The fourth-order valence-corrected chi connectivity index (χ4v) is 3.67.